The van der Waals surface area contributed by atoms with Gasteiger partial charge in [-0.25, -0.2) is 4.79 Å². The van der Waals surface area contributed by atoms with Crippen LogP contribution >= 0.6 is 0 Å². The van der Waals surface area contributed by atoms with Gasteiger partial charge in [0, 0.05) is 6.07 Å². The number of hydrogen-bond donors (Lipinski definition) is 3. The van der Waals surface area contributed by atoms with Gasteiger partial charge in [0.1, 0.15) is 5.69 Å². The van der Waals surface area contributed by atoms with E-state index in [4.69, 9.17) is 10.2 Å². The smallest absolute Gasteiger partial charge is 0.353 e. The van der Waals surface area contributed by atoms with E-state index in [1.165, 1.54) is 0 Å². The molecule has 6 nitrogen and oxygen atoms in total. The molecule has 0 aliphatic carbocycles. The second-order valence-corrected chi connectivity index (χ2v) is 2.19. The minimum Gasteiger partial charge on any atom is -0.477 e. The summed E-state index contributed by atoms with van der Waals surface area (Å²) in [5.41, 5.74) is -0.630. The van der Waals surface area contributed by atoms with E-state index in [0.717, 1.165) is 10.7 Å². The van der Waals surface area contributed by atoms with Gasteiger partial charge in [-0.1, -0.05) is 0 Å². The highest BCUT2D eigenvalue weighted by Gasteiger charge is 2.07. The molecule has 66 valence electrons. The highest BCUT2D eigenvalue weighted by atomic mass is 16.4. The molecule has 6 heteroatoms. The first-order valence-corrected chi connectivity index (χ1v) is 3.29. The lowest BCUT2D eigenvalue weighted by Crippen LogP contribution is -2.17. The summed E-state index contributed by atoms with van der Waals surface area (Å²) in [6, 6.07) is 0.970. The van der Waals surface area contributed by atoms with Crippen LogP contribution in [0.3, 0.4) is 0 Å². The third-order valence-corrected chi connectivity index (χ3v) is 1.34. The van der Waals surface area contributed by atoms with Crippen molar-refractivity contribution in [2.24, 2.45) is 0 Å². The third-order valence-electron chi connectivity index (χ3n) is 1.34. The number of aromatic amines is 1. The van der Waals surface area contributed by atoms with E-state index in [1.54, 1.807) is 0 Å². The average molecular weight is 172 g/mol. The Hall–Kier alpha value is -1.56. The fraction of sp³-hybridized carbons (Fsp3) is 0.333. The Bertz CT molecular complexity index is 338. The van der Waals surface area contributed by atoms with Crippen molar-refractivity contribution in [2.45, 2.75) is 6.54 Å². The van der Waals surface area contributed by atoms with Crippen molar-refractivity contribution < 1.29 is 15.0 Å². The summed E-state index contributed by atoms with van der Waals surface area (Å²) in [6.45, 7) is -0.133. The maximum absolute atomic E-state index is 10.9. The lowest BCUT2D eigenvalue weighted by molar-refractivity contribution is 0.0689. The molecule has 0 fully saturated rings. The first-order valence-electron chi connectivity index (χ1n) is 3.29. The molecule has 0 aromatic carbocycles. The number of carboxylic acid groups (broad SMARTS) is 1. The maximum atomic E-state index is 10.9. The fourth-order valence-corrected chi connectivity index (χ4v) is 0.810. The molecule has 3 N–H and O–H groups in total. The summed E-state index contributed by atoms with van der Waals surface area (Å²) >= 11 is 0. The number of carboxylic acids is 1. The molecule has 0 aliphatic rings. The quantitative estimate of drug-likeness (QED) is 0.537. The van der Waals surface area contributed by atoms with E-state index in [2.05, 4.69) is 5.10 Å². The molecule has 0 atom stereocenters. The normalized spacial score (nSPS) is 10.1. The van der Waals surface area contributed by atoms with Crippen molar-refractivity contribution in [3.05, 3.63) is 22.1 Å². The number of nitrogens with one attached hydrogen (secondary N) is 1. The van der Waals surface area contributed by atoms with E-state index in [9.17, 15) is 9.59 Å². The first-order chi connectivity index (χ1) is 5.65. The van der Waals surface area contributed by atoms with Gasteiger partial charge in [-0.15, -0.1) is 0 Å². The van der Waals surface area contributed by atoms with Gasteiger partial charge in [-0.3, -0.25) is 14.6 Å². The molecule has 0 radical (unpaired) electrons. The van der Waals surface area contributed by atoms with Crippen LogP contribution in [-0.4, -0.2) is 32.6 Å². The zero-order valence-electron chi connectivity index (χ0n) is 6.15. The molecule has 0 unspecified atom stereocenters. The molecule has 0 saturated heterocycles. The minimum absolute atomic E-state index is 0.0755. The molecule has 1 heterocycles. The number of aliphatic hydroxyl groups excluding tert-OH is 1. The van der Waals surface area contributed by atoms with Crippen molar-refractivity contribution in [1.29, 1.82) is 0 Å². The van der Waals surface area contributed by atoms with E-state index in [0.29, 0.717) is 0 Å². The average Bonchev–Trinajstić information content (AvgIpc) is 2.34. The molecule has 1 aromatic rings. The van der Waals surface area contributed by atoms with Crippen LogP contribution in [0.4, 0.5) is 0 Å². The zero-order chi connectivity index (χ0) is 9.14. The van der Waals surface area contributed by atoms with Crippen LogP contribution in [0.2, 0.25) is 0 Å². The van der Waals surface area contributed by atoms with Gasteiger partial charge in [-0.2, -0.15) is 0 Å². The summed E-state index contributed by atoms with van der Waals surface area (Å²) in [7, 11) is 0. The van der Waals surface area contributed by atoms with Gasteiger partial charge < -0.3 is 10.2 Å². The number of aliphatic hydroxyl groups is 1. The predicted octanol–water partition coefficient (Wildman–Crippen LogP) is -1.13. The van der Waals surface area contributed by atoms with Crippen LogP contribution in [0.15, 0.2) is 10.9 Å². The summed E-state index contributed by atoms with van der Waals surface area (Å²) in [5, 5.41) is 19.2. The van der Waals surface area contributed by atoms with Crippen LogP contribution in [-0.2, 0) is 6.54 Å². The monoisotopic (exact) mass is 172 g/mol. The molecular weight excluding hydrogens is 164 g/mol. The van der Waals surface area contributed by atoms with Gasteiger partial charge in [0.15, 0.2) is 0 Å². The summed E-state index contributed by atoms with van der Waals surface area (Å²) in [6.07, 6.45) is 0. The Balaban J connectivity index is 3.00. The van der Waals surface area contributed by atoms with Gasteiger partial charge in [0.05, 0.1) is 13.2 Å². The molecule has 1 aromatic heterocycles. The van der Waals surface area contributed by atoms with Gasteiger partial charge >= 0.3 is 5.97 Å². The number of aromatic carboxylic acids is 1. The van der Waals surface area contributed by atoms with Crippen molar-refractivity contribution in [1.82, 2.24) is 9.78 Å². The molecule has 12 heavy (non-hydrogen) atoms. The zero-order valence-corrected chi connectivity index (χ0v) is 6.15. The second-order valence-electron chi connectivity index (χ2n) is 2.19. The first kappa shape index (κ1) is 8.54. The SMILES string of the molecule is O=C(O)c1cc(=O)n(CCO)[nH]1. The molecular formula is C6H8N2O4. The molecule has 0 bridgehead atoms. The van der Waals surface area contributed by atoms with Gasteiger partial charge in [-0.05, 0) is 0 Å². The maximum Gasteiger partial charge on any atom is 0.353 e. The Morgan fingerprint density at radius 1 is 1.67 bits per heavy atom. The van der Waals surface area contributed by atoms with Crippen LogP contribution in [0.25, 0.3) is 0 Å². The Morgan fingerprint density at radius 2 is 2.33 bits per heavy atom. The number of aromatic nitrogens is 2. The Morgan fingerprint density at radius 3 is 2.75 bits per heavy atom. The van der Waals surface area contributed by atoms with Crippen LogP contribution in [0, 0.1) is 0 Å². The van der Waals surface area contributed by atoms with Crippen molar-refractivity contribution in [2.75, 3.05) is 6.61 Å². The largest absolute Gasteiger partial charge is 0.477 e. The number of carbonyl (C=O) groups is 1. The molecule has 0 aliphatic heterocycles. The highest BCUT2D eigenvalue weighted by Crippen LogP contribution is 1.88. The third kappa shape index (κ3) is 1.54. The minimum atomic E-state index is -1.19. The fourth-order valence-electron chi connectivity index (χ4n) is 0.810. The summed E-state index contributed by atoms with van der Waals surface area (Å²) in [5.74, 6) is -1.19. The number of nitrogens with zero attached hydrogens (tertiary/aromatic N) is 1. The predicted molar refractivity (Wildman–Crippen MR) is 39.1 cm³/mol. The molecule has 0 saturated carbocycles. The van der Waals surface area contributed by atoms with Gasteiger partial charge in [0.25, 0.3) is 5.56 Å². The number of hydrogen-bond acceptors (Lipinski definition) is 3. The van der Waals surface area contributed by atoms with E-state index < -0.39 is 11.5 Å². The van der Waals surface area contributed by atoms with E-state index in [1.807, 2.05) is 0 Å². The van der Waals surface area contributed by atoms with E-state index >= 15 is 0 Å². The molecule has 0 amide bonds. The lowest BCUT2D eigenvalue weighted by Gasteiger charge is -1.95. The van der Waals surface area contributed by atoms with Crippen LogP contribution in [0.5, 0.6) is 0 Å². The lowest BCUT2D eigenvalue weighted by atomic mass is 10.4. The molecule has 1 rings (SSSR count). The number of rotatable bonds is 3. The summed E-state index contributed by atoms with van der Waals surface area (Å²) < 4.78 is 1.03. The topological polar surface area (TPSA) is 95.3 Å². The summed E-state index contributed by atoms with van der Waals surface area (Å²) in [4.78, 5) is 21.2. The van der Waals surface area contributed by atoms with Crippen molar-refractivity contribution in [3.8, 4) is 0 Å². The van der Waals surface area contributed by atoms with Crippen molar-refractivity contribution >= 4 is 5.97 Å². The van der Waals surface area contributed by atoms with Crippen molar-refractivity contribution in [3.63, 3.8) is 0 Å². The second kappa shape index (κ2) is 3.22. The van der Waals surface area contributed by atoms with E-state index in [-0.39, 0.29) is 18.8 Å². The standard InChI is InChI=1S/C6H8N2O4/c9-2-1-8-5(10)3-4(7-8)6(11)12/h3,7,9H,1-2H2,(H,11,12). The Kier molecular flexibility index (Phi) is 2.29. The number of H-pyrrole nitrogens is 1. The Labute approximate surface area is 67.0 Å². The van der Waals surface area contributed by atoms with Crippen LogP contribution < -0.4 is 5.56 Å². The van der Waals surface area contributed by atoms with Crippen LogP contribution in [0.1, 0.15) is 10.5 Å². The van der Waals surface area contributed by atoms with Gasteiger partial charge in [0.2, 0.25) is 0 Å². The highest BCUT2D eigenvalue weighted by molar-refractivity contribution is 5.84. The molecule has 0 spiro atoms.